The van der Waals surface area contributed by atoms with Crippen molar-refractivity contribution < 1.29 is 0 Å². The molecular weight excluding hydrogens is 318 g/mol. The van der Waals surface area contributed by atoms with Crippen LogP contribution < -0.4 is 15.4 Å². The summed E-state index contributed by atoms with van der Waals surface area (Å²) in [5, 5.41) is 13.5. The van der Waals surface area contributed by atoms with Gasteiger partial charge < -0.3 is 9.80 Å². The molecule has 0 saturated carbocycles. The van der Waals surface area contributed by atoms with Crippen molar-refractivity contribution >= 4 is 11.8 Å². The number of nitriles is 1. The van der Waals surface area contributed by atoms with Crippen LogP contribution in [-0.4, -0.2) is 45.9 Å². The molecule has 130 valence electrons. The van der Waals surface area contributed by atoms with Gasteiger partial charge in [-0.15, -0.1) is 0 Å². The van der Waals surface area contributed by atoms with Gasteiger partial charge in [0.15, 0.2) is 0 Å². The van der Waals surface area contributed by atoms with E-state index in [0.29, 0.717) is 24.1 Å². The highest BCUT2D eigenvalue weighted by molar-refractivity contribution is 5.41. The molecule has 1 aliphatic heterocycles. The van der Waals surface area contributed by atoms with Crippen LogP contribution in [0.25, 0.3) is 0 Å². The summed E-state index contributed by atoms with van der Waals surface area (Å²) in [6, 6.07) is 7.00. The zero-order valence-corrected chi connectivity index (χ0v) is 14.5. The van der Waals surface area contributed by atoms with Gasteiger partial charge in [0.05, 0.1) is 0 Å². The van der Waals surface area contributed by atoms with Crippen LogP contribution in [0.2, 0.25) is 0 Å². The third-order valence-electron chi connectivity index (χ3n) is 4.03. The van der Waals surface area contributed by atoms with Crippen LogP contribution in [0.15, 0.2) is 29.2 Å². The second-order valence-electron chi connectivity index (χ2n) is 6.43. The maximum absolute atomic E-state index is 11.9. The standard InChI is InChI=1S/C17H21N7O/c1-13(2)12-24-16(25)4-3-15(21-24)22-7-9-23(10-8-22)17-19-6-5-14(11-18)20-17/h3-6,13H,7-10,12H2,1-2H3. The van der Waals surface area contributed by atoms with Crippen molar-refractivity contribution in [2.24, 2.45) is 5.92 Å². The summed E-state index contributed by atoms with van der Waals surface area (Å²) in [4.78, 5) is 24.6. The third kappa shape index (κ3) is 3.94. The van der Waals surface area contributed by atoms with Crippen molar-refractivity contribution in [3.63, 3.8) is 0 Å². The summed E-state index contributed by atoms with van der Waals surface area (Å²) >= 11 is 0. The molecule has 3 rings (SSSR count). The summed E-state index contributed by atoms with van der Waals surface area (Å²) < 4.78 is 1.53. The van der Waals surface area contributed by atoms with E-state index in [1.54, 1.807) is 24.4 Å². The molecule has 0 aliphatic carbocycles. The molecule has 8 heteroatoms. The lowest BCUT2D eigenvalue weighted by molar-refractivity contribution is 0.461. The van der Waals surface area contributed by atoms with E-state index in [2.05, 4.69) is 38.7 Å². The Morgan fingerprint density at radius 3 is 2.56 bits per heavy atom. The van der Waals surface area contributed by atoms with Gasteiger partial charge in [-0.1, -0.05) is 13.8 Å². The van der Waals surface area contributed by atoms with Crippen molar-refractivity contribution in [1.29, 1.82) is 5.26 Å². The molecule has 25 heavy (non-hydrogen) atoms. The van der Waals surface area contributed by atoms with Crippen molar-refractivity contribution in [3.8, 4) is 6.07 Å². The molecule has 0 bridgehead atoms. The van der Waals surface area contributed by atoms with Gasteiger partial charge in [0.25, 0.3) is 5.56 Å². The number of nitrogens with zero attached hydrogens (tertiary/aromatic N) is 7. The van der Waals surface area contributed by atoms with Gasteiger partial charge >= 0.3 is 0 Å². The second kappa shape index (κ2) is 7.30. The molecule has 1 aliphatic rings. The molecule has 2 aromatic rings. The van der Waals surface area contributed by atoms with Crippen molar-refractivity contribution in [3.05, 3.63) is 40.4 Å². The molecule has 1 saturated heterocycles. The van der Waals surface area contributed by atoms with Crippen LogP contribution in [0.5, 0.6) is 0 Å². The fraction of sp³-hybridized carbons (Fsp3) is 0.471. The Kier molecular flexibility index (Phi) is 4.93. The molecule has 0 spiro atoms. The number of hydrogen-bond acceptors (Lipinski definition) is 7. The number of rotatable bonds is 4. The van der Waals surface area contributed by atoms with Crippen LogP contribution in [0.3, 0.4) is 0 Å². The van der Waals surface area contributed by atoms with E-state index in [4.69, 9.17) is 5.26 Å². The molecule has 3 heterocycles. The van der Waals surface area contributed by atoms with E-state index < -0.39 is 0 Å². The molecule has 2 aromatic heterocycles. The van der Waals surface area contributed by atoms with Gasteiger partial charge in [0.1, 0.15) is 17.6 Å². The fourth-order valence-electron chi connectivity index (χ4n) is 2.78. The fourth-order valence-corrected chi connectivity index (χ4v) is 2.78. The lowest BCUT2D eigenvalue weighted by Crippen LogP contribution is -2.48. The molecular formula is C17H21N7O. The van der Waals surface area contributed by atoms with Gasteiger partial charge in [-0.2, -0.15) is 10.4 Å². The Morgan fingerprint density at radius 2 is 1.88 bits per heavy atom. The Hall–Kier alpha value is -2.95. The maximum Gasteiger partial charge on any atom is 0.266 e. The Labute approximate surface area is 146 Å². The van der Waals surface area contributed by atoms with Crippen LogP contribution in [-0.2, 0) is 6.54 Å². The Bertz CT molecular complexity index is 831. The smallest absolute Gasteiger partial charge is 0.266 e. The SMILES string of the molecule is CC(C)Cn1nc(N2CCN(c3nccc(C#N)n3)CC2)ccc1=O. The number of anilines is 2. The molecule has 1 fully saturated rings. The van der Waals surface area contributed by atoms with E-state index in [1.165, 1.54) is 4.68 Å². The van der Waals surface area contributed by atoms with Gasteiger partial charge in [0.2, 0.25) is 5.95 Å². The van der Waals surface area contributed by atoms with Crippen LogP contribution in [0.1, 0.15) is 19.5 Å². The van der Waals surface area contributed by atoms with Crippen LogP contribution >= 0.6 is 0 Å². The third-order valence-corrected chi connectivity index (χ3v) is 4.03. The van der Waals surface area contributed by atoms with Crippen LogP contribution in [0.4, 0.5) is 11.8 Å². The maximum atomic E-state index is 11.9. The second-order valence-corrected chi connectivity index (χ2v) is 6.43. The molecule has 0 radical (unpaired) electrons. The van der Waals surface area contributed by atoms with Crippen LogP contribution in [0, 0.1) is 17.2 Å². The highest BCUT2D eigenvalue weighted by atomic mass is 16.1. The number of aromatic nitrogens is 4. The molecule has 0 amide bonds. The first-order valence-electron chi connectivity index (χ1n) is 8.38. The molecule has 0 N–H and O–H groups in total. The van der Waals surface area contributed by atoms with E-state index in [1.807, 2.05) is 6.07 Å². The molecule has 0 aromatic carbocycles. The minimum atomic E-state index is -0.0715. The summed E-state index contributed by atoms with van der Waals surface area (Å²) in [5.74, 6) is 1.75. The van der Waals surface area contributed by atoms with Crippen molar-refractivity contribution in [2.45, 2.75) is 20.4 Å². The van der Waals surface area contributed by atoms with Gasteiger partial charge in [-0.05, 0) is 18.1 Å². The quantitative estimate of drug-likeness (QED) is 0.817. The first-order chi connectivity index (χ1) is 12.1. The highest BCUT2D eigenvalue weighted by Gasteiger charge is 2.20. The van der Waals surface area contributed by atoms with Gasteiger partial charge in [-0.25, -0.2) is 14.6 Å². The zero-order valence-electron chi connectivity index (χ0n) is 14.5. The molecule has 8 nitrogen and oxygen atoms in total. The van der Waals surface area contributed by atoms with E-state index in [9.17, 15) is 4.79 Å². The van der Waals surface area contributed by atoms with E-state index in [0.717, 1.165) is 32.0 Å². The van der Waals surface area contributed by atoms with Crippen molar-refractivity contribution in [1.82, 2.24) is 19.7 Å². The Morgan fingerprint density at radius 1 is 1.16 bits per heavy atom. The number of piperazine rings is 1. The monoisotopic (exact) mass is 339 g/mol. The topological polar surface area (TPSA) is 90.9 Å². The molecule has 0 unspecified atom stereocenters. The number of hydrogen-bond donors (Lipinski definition) is 0. The lowest BCUT2D eigenvalue weighted by atomic mass is 10.2. The Balaban J connectivity index is 1.70. The van der Waals surface area contributed by atoms with Gasteiger partial charge in [-0.3, -0.25) is 4.79 Å². The van der Waals surface area contributed by atoms with E-state index >= 15 is 0 Å². The van der Waals surface area contributed by atoms with Gasteiger partial charge in [0, 0.05) is 45.0 Å². The first kappa shape index (κ1) is 16.9. The predicted octanol–water partition coefficient (Wildman–Crippen LogP) is 0.888. The zero-order chi connectivity index (χ0) is 17.8. The summed E-state index contributed by atoms with van der Waals surface area (Å²) in [6.45, 7) is 7.73. The first-order valence-corrected chi connectivity index (χ1v) is 8.38. The van der Waals surface area contributed by atoms with Crippen molar-refractivity contribution in [2.75, 3.05) is 36.0 Å². The van der Waals surface area contributed by atoms with E-state index in [-0.39, 0.29) is 5.56 Å². The minimum Gasteiger partial charge on any atom is -0.352 e. The predicted molar refractivity (Wildman–Crippen MR) is 94.5 cm³/mol. The normalized spacial score (nSPS) is 14.6. The summed E-state index contributed by atoms with van der Waals surface area (Å²) in [5.41, 5.74) is 0.299. The summed E-state index contributed by atoms with van der Waals surface area (Å²) in [6.07, 6.45) is 1.61. The average molecular weight is 339 g/mol. The molecule has 0 atom stereocenters. The average Bonchev–Trinajstić information content (AvgIpc) is 2.63. The summed E-state index contributed by atoms with van der Waals surface area (Å²) in [7, 11) is 0. The lowest BCUT2D eigenvalue weighted by Gasteiger charge is -2.35. The highest BCUT2D eigenvalue weighted by Crippen LogP contribution is 2.15. The largest absolute Gasteiger partial charge is 0.352 e. The minimum absolute atomic E-state index is 0.0715.